The van der Waals surface area contributed by atoms with Gasteiger partial charge in [-0.1, -0.05) is 6.07 Å². The lowest BCUT2D eigenvalue weighted by Gasteiger charge is -2.31. The summed E-state index contributed by atoms with van der Waals surface area (Å²) in [5, 5.41) is 15.8. The zero-order chi connectivity index (χ0) is 23.5. The van der Waals surface area contributed by atoms with Gasteiger partial charge < -0.3 is 14.1 Å². The molecule has 3 heterocycles. The van der Waals surface area contributed by atoms with E-state index in [0.29, 0.717) is 42.3 Å². The van der Waals surface area contributed by atoms with Gasteiger partial charge >= 0.3 is 5.97 Å². The first kappa shape index (κ1) is 22.3. The number of benzene rings is 1. The molecule has 1 aliphatic heterocycles. The van der Waals surface area contributed by atoms with E-state index in [1.54, 1.807) is 43.0 Å². The zero-order valence-electron chi connectivity index (χ0n) is 18.4. The van der Waals surface area contributed by atoms with E-state index >= 15 is 0 Å². The Hall–Kier alpha value is -3.95. The predicted octanol–water partition coefficient (Wildman–Crippen LogP) is 3.76. The molecule has 0 aliphatic carbocycles. The Balaban J connectivity index is 1.72. The van der Waals surface area contributed by atoms with Crippen LogP contribution >= 0.6 is 0 Å². The van der Waals surface area contributed by atoms with E-state index in [1.165, 1.54) is 22.9 Å². The molecule has 1 unspecified atom stereocenters. The maximum absolute atomic E-state index is 13.5. The van der Waals surface area contributed by atoms with E-state index in [-0.39, 0.29) is 42.3 Å². The van der Waals surface area contributed by atoms with E-state index in [1.807, 2.05) is 0 Å². The number of carbonyl (C=O) groups excluding carboxylic acids is 2. The summed E-state index contributed by atoms with van der Waals surface area (Å²) in [6, 6.07) is 11.1. The number of ether oxygens (including phenoxy) is 1. The van der Waals surface area contributed by atoms with Crippen molar-refractivity contribution in [3.8, 4) is 17.1 Å². The van der Waals surface area contributed by atoms with E-state index in [4.69, 9.17) is 9.15 Å². The molecule has 2 aromatic heterocycles. The number of carbonyl (C=O) groups is 2. The van der Waals surface area contributed by atoms with E-state index in [2.05, 4.69) is 5.10 Å². The number of rotatable bonds is 6. The number of aryl methyl sites for hydroxylation is 1. The predicted molar refractivity (Wildman–Crippen MR) is 118 cm³/mol. The van der Waals surface area contributed by atoms with Crippen LogP contribution in [-0.2, 0) is 9.53 Å². The van der Waals surface area contributed by atoms with Gasteiger partial charge in [-0.3, -0.25) is 19.7 Å². The van der Waals surface area contributed by atoms with Gasteiger partial charge in [-0.15, -0.1) is 0 Å². The lowest BCUT2D eigenvalue weighted by atomic mass is 9.98. The molecule has 4 rings (SSSR count). The fraction of sp³-hybridized carbons (Fsp3) is 0.348. The lowest BCUT2D eigenvalue weighted by Crippen LogP contribution is -2.43. The largest absolute Gasteiger partial charge is 0.466 e. The second-order valence-corrected chi connectivity index (χ2v) is 7.86. The molecule has 33 heavy (non-hydrogen) atoms. The highest BCUT2D eigenvalue weighted by Crippen LogP contribution is 2.27. The quantitative estimate of drug-likeness (QED) is 0.317. The smallest absolute Gasteiger partial charge is 0.310 e. The highest BCUT2D eigenvalue weighted by atomic mass is 16.6. The number of hydrogen-bond donors (Lipinski definition) is 0. The van der Waals surface area contributed by atoms with Crippen molar-refractivity contribution in [1.82, 2.24) is 14.7 Å². The number of nitro benzene ring substituents is 1. The van der Waals surface area contributed by atoms with Crippen molar-refractivity contribution in [1.29, 1.82) is 0 Å². The number of esters is 1. The minimum absolute atomic E-state index is 0.114. The number of furan rings is 1. The molecular weight excluding hydrogens is 428 g/mol. The normalized spacial score (nSPS) is 15.9. The first-order valence-corrected chi connectivity index (χ1v) is 10.7. The third kappa shape index (κ3) is 4.64. The van der Waals surface area contributed by atoms with E-state index in [9.17, 15) is 19.7 Å². The van der Waals surface area contributed by atoms with Crippen LogP contribution in [0.3, 0.4) is 0 Å². The van der Waals surface area contributed by atoms with Gasteiger partial charge in [0.1, 0.15) is 17.1 Å². The molecule has 0 saturated carbocycles. The summed E-state index contributed by atoms with van der Waals surface area (Å²) in [4.78, 5) is 38.1. The van der Waals surface area contributed by atoms with Crippen LogP contribution in [0.15, 0.2) is 46.9 Å². The fourth-order valence-corrected chi connectivity index (χ4v) is 3.94. The number of non-ortho nitro benzene ring substituents is 1. The van der Waals surface area contributed by atoms with Gasteiger partial charge in [0, 0.05) is 31.3 Å². The summed E-state index contributed by atoms with van der Waals surface area (Å²) in [5.41, 5.74) is 0.916. The van der Waals surface area contributed by atoms with Crippen molar-refractivity contribution in [2.75, 3.05) is 19.7 Å². The van der Waals surface area contributed by atoms with Crippen molar-refractivity contribution in [2.45, 2.75) is 26.7 Å². The van der Waals surface area contributed by atoms with Gasteiger partial charge in [-0.25, -0.2) is 4.68 Å². The van der Waals surface area contributed by atoms with Crippen molar-refractivity contribution in [3.63, 3.8) is 0 Å². The number of aromatic nitrogens is 2. The van der Waals surface area contributed by atoms with Crippen LogP contribution in [0.5, 0.6) is 0 Å². The second kappa shape index (κ2) is 9.27. The number of hydrogen-bond acceptors (Lipinski definition) is 7. The van der Waals surface area contributed by atoms with Gasteiger partial charge in [-0.05, 0) is 44.9 Å². The van der Waals surface area contributed by atoms with Crippen LogP contribution in [0.25, 0.3) is 17.1 Å². The number of amides is 1. The number of likely N-dealkylation sites (tertiary alicyclic amines) is 1. The highest BCUT2D eigenvalue weighted by Gasteiger charge is 2.32. The summed E-state index contributed by atoms with van der Waals surface area (Å²) in [7, 11) is 0. The first-order valence-electron chi connectivity index (χ1n) is 10.7. The second-order valence-electron chi connectivity index (χ2n) is 7.86. The molecule has 1 aromatic carbocycles. The Bertz CT molecular complexity index is 1200. The summed E-state index contributed by atoms with van der Waals surface area (Å²) < 4.78 is 12.2. The van der Waals surface area contributed by atoms with Crippen LogP contribution in [-0.4, -0.2) is 51.2 Å². The van der Waals surface area contributed by atoms with Gasteiger partial charge in [0.25, 0.3) is 11.6 Å². The van der Waals surface area contributed by atoms with E-state index < -0.39 is 4.92 Å². The molecule has 1 amide bonds. The lowest BCUT2D eigenvalue weighted by molar-refractivity contribution is -0.384. The van der Waals surface area contributed by atoms with Gasteiger partial charge in [-0.2, -0.15) is 5.10 Å². The van der Waals surface area contributed by atoms with Crippen LogP contribution in [0.2, 0.25) is 0 Å². The number of piperidine rings is 1. The molecule has 172 valence electrons. The average Bonchev–Trinajstić information content (AvgIpc) is 3.45. The summed E-state index contributed by atoms with van der Waals surface area (Å²) >= 11 is 0. The molecule has 0 N–H and O–H groups in total. The molecule has 0 spiro atoms. The van der Waals surface area contributed by atoms with Crippen molar-refractivity contribution in [3.05, 3.63) is 64.0 Å². The van der Waals surface area contributed by atoms with Gasteiger partial charge in [0.2, 0.25) is 0 Å². The van der Waals surface area contributed by atoms with Gasteiger partial charge in [0.15, 0.2) is 5.76 Å². The van der Waals surface area contributed by atoms with Crippen LogP contribution < -0.4 is 0 Å². The maximum Gasteiger partial charge on any atom is 0.310 e. The van der Waals surface area contributed by atoms with Gasteiger partial charge in [0.05, 0.1) is 23.1 Å². The molecule has 1 aliphatic rings. The first-order chi connectivity index (χ1) is 15.9. The van der Waals surface area contributed by atoms with E-state index in [0.717, 1.165) is 0 Å². The Morgan fingerprint density at radius 3 is 2.79 bits per heavy atom. The zero-order valence-corrected chi connectivity index (χ0v) is 18.4. The highest BCUT2D eigenvalue weighted by molar-refractivity contribution is 5.94. The molecule has 1 fully saturated rings. The molecule has 10 heteroatoms. The maximum atomic E-state index is 13.5. The van der Waals surface area contributed by atoms with Crippen molar-refractivity contribution in [2.24, 2.45) is 5.92 Å². The number of nitrogens with zero attached hydrogens (tertiary/aromatic N) is 4. The number of nitro groups is 1. The molecule has 1 atom stereocenters. The third-order valence-corrected chi connectivity index (χ3v) is 5.53. The van der Waals surface area contributed by atoms with Crippen LogP contribution in [0.4, 0.5) is 5.69 Å². The van der Waals surface area contributed by atoms with Crippen LogP contribution in [0, 0.1) is 23.0 Å². The average molecular weight is 452 g/mol. The Morgan fingerprint density at radius 2 is 2.09 bits per heavy atom. The van der Waals surface area contributed by atoms with Crippen LogP contribution in [0.1, 0.15) is 36.0 Å². The molecule has 0 radical (unpaired) electrons. The fourth-order valence-electron chi connectivity index (χ4n) is 3.94. The molecule has 10 nitrogen and oxygen atoms in total. The summed E-state index contributed by atoms with van der Waals surface area (Å²) in [5.74, 6) is 0.153. The molecular formula is C23H24N4O6. The minimum atomic E-state index is -0.500. The topological polar surface area (TPSA) is 121 Å². The molecule has 1 saturated heterocycles. The Morgan fingerprint density at radius 1 is 1.27 bits per heavy atom. The minimum Gasteiger partial charge on any atom is -0.466 e. The van der Waals surface area contributed by atoms with Crippen molar-refractivity contribution >= 4 is 17.6 Å². The Labute approximate surface area is 189 Å². The molecule has 0 bridgehead atoms. The molecule has 3 aromatic rings. The summed E-state index contributed by atoms with van der Waals surface area (Å²) in [6.07, 6.45) is 1.33. The SMILES string of the molecule is CCOC(=O)C1CCCN(C(=O)c2cc(-c3ccc(C)o3)nn2-c2cccc([N+](=O)[O-])c2)C1. The third-order valence-electron chi connectivity index (χ3n) is 5.53. The monoisotopic (exact) mass is 452 g/mol. The standard InChI is InChI=1S/C23H24N4O6/c1-3-32-23(29)16-6-5-11-25(14-16)22(28)20-13-19(21-10-9-15(2)33-21)24-26(20)17-7-4-8-18(12-17)27(30)31/h4,7-10,12-13,16H,3,5-6,11,14H2,1-2H3. The summed E-state index contributed by atoms with van der Waals surface area (Å²) in [6.45, 7) is 4.57. The van der Waals surface area contributed by atoms with Crippen molar-refractivity contribution < 1.29 is 23.7 Å². The Kier molecular flexibility index (Phi) is 6.25.